The smallest absolute Gasteiger partial charge is 0.279 e. The Morgan fingerprint density at radius 1 is 1.29 bits per heavy atom. The molecule has 0 bridgehead atoms. The summed E-state index contributed by atoms with van der Waals surface area (Å²) in [7, 11) is 0. The Hall–Kier alpha value is -3.48. The monoisotopic (exact) mass is 379 g/mol. The summed E-state index contributed by atoms with van der Waals surface area (Å²) in [5.74, 6) is -0.375. The molecule has 2 aromatic carbocycles. The molecule has 2 N–H and O–H groups in total. The van der Waals surface area contributed by atoms with Crippen LogP contribution in [0.2, 0.25) is 0 Å². The van der Waals surface area contributed by atoms with Crippen LogP contribution in [0.3, 0.4) is 0 Å². The number of pyridine rings is 1. The standard InChI is InChI=1S/C21H21N3O4/c1-3-5-18(25)23-19(14-9-7-13(2)8-10-14)16-12-17(24(27)28)15-6-4-11-22-20(15)21(16)26/h4,6-12,19,26H,3,5H2,1-2H3,(H,23,25)/t19-/m0/s1. The summed E-state index contributed by atoms with van der Waals surface area (Å²) in [4.78, 5) is 27.6. The van der Waals surface area contributed by atoms with Crippen LogP contribution in [-0.2, 0) is 4.79 Å². The van der Waals surface area contributed by atoms with Crippen LogP contribution >= 0.6 is 0 Å². The molecule has 1 atom stereocenters. The molecule has 1 heterocycles. The van der Waals surface area contributed by atoms with Crippen LogP contribution in [0.25, 0.3) is 10.9 Å². The lowest BCUT2D eigenvalue weighted by molar-refractivity contribution is -0.383. The highest BCUT2D eigenvalue weighted by atomic mass is 16.6. The molecular formula is C21H21N3O4. The van der Waals surface area contributed by atoms with Crippen molar-refractivity contribution in [1.82, 2.24) is 10.3 Å². The number of nitrogens with zero attached hydrogens (tertiary/aromatic N) is 2. The molecular weight excluding hydrogens is 358 g/mol. The van der Waals surface area contributed by atoms with Crippen molar-refractivity contribution in [3.63, 3.8) is 0 Å². The van der Waals surface area contributed by atoms with Gasteiger partial charge in [0.25, 0.3) is 5.69 Å². The summed E-state index contributed by atoms with van der Waals surface area (Å²) in [5, 5.41) is 25.6. The van der Waals surface area contributed by atoms with Gasteiger partial charge < -0.3 is 10.4 Å². The summed E-state index contributed by atoms with van der Waals surface area (Å²) in [6.45, 7) is 3.83. The number of nitrogens with one attached hydrogen (secondary N) is 1. The quantitative estimate of drug-likeness (QED) is 0.494. The second kappa shape index (κ2) is 8.04. The molecule has 0 saturated heterocycles. The summed E-state index contributed by atoms with van der Waals surface area (Å²) in [5.41, 5.74) is 1.96. The molecule has 28 heavy (non-hydrogen) atoms. The van der Waals surface area contributed by atoms with Gasteiger partial charge in [-0.05, 0) is 31.0 Å². The zero-order valence-electron chi connectivity index (χ0n) is 15.7. The van der Waals surface area contributed by atoms with Crippen LogP contribution in [0.1, 0.15) is 42.5 Å². The van der Waals surface area contributed by atoms with Crippen molar-refractivity contribution in [2.75, 3.05) is 0 Å². The number of benzene rings is 2. The van der Waals surface area contributed by atoms with Crippen LogP contribution < -0.4 is 5.32 Å². The fourth-order valence-corrected chi connectivity index (χ4v) is 3.16. The molecule has 0 aliphatic heterocycles. The average Bonchev–Trinajstić information content (AvgIpc) is 2.68. The molecule has 0 unspecified atom stereocenters. The van der Waals surface area contributed by atoms with E-state index >= 15 is 0 Å². The predicted octanol–water partition coefficient (Wildman–Crippen LogP) is 4.16. The number of phenols is 1. The van der Waals surface area contributed by atoms with Crippen molar-refractivity contribution in [1.29, 1.82) is 0 Å². The summed E-state index contributed by atoms with van der Waals surface area (Å²) >= 11 is 0. The molecule has 0 spiro atoms. The van der Waals surface area contributed by atoms with Gasteiger partial charge in [0.2, 0.25) is 5.91 Å². The highest BCUT2D eigenvalue weighted by Crippen LogP contribution is 2.39. The lowest BCUT2D eigenvalue weighted by atomic mass is 9.94. The lowest BCUT2D eigenvalue weighted by Crippen LogP contribution is -2.29. The Morgan fingerprint density at radius 2 is 2.00 bits per heavy atom. The molecule has 1 aromatic heterocycles. The number of hydrogen-bond acceptors (Lipinski definition) is 5. The average molecular weight is 379 g/mol. The number of nitro benzene ring substituents is 1. The number of aryl methyl sites for hydroxylation is 1. The van der Waals surface area contributed by atoms with Gasteiger partial charge in [-0.1, -0.05) is 36.8 Å². The first-order valence-corrected chi connectivity index (χ1v) is 9.03. The van der Waals surface area contributed by atoms with E-state index in [1.165, 1.54) is 12.3 Å². The first kappa shape index (κ1) is 19.3. The third-order valence-corrected chi connectivity index (χ3v) is 4.57. The first-order valence-electron chi connectivity index (χ1n) is 9.03. The maximum atomic E-state index is 12.3. The second-order valence-electron chi connectivity index (χ2n) is 6.65. The number of carbonyl (C=O) groups is 1. The van der Waals surface area contributed by atoms with Gasteiger partial charge in [0, 0.05) is 24.2 Å². The van der Waals surface area contributed by atoms with E-state index in [0.29, 0.717) is 12.8 Å². The molecule has 0 radical (unpaired) electrons. The van der Waals surface area contributed by atoms with E-state index in [1.807, 2.05) is 38.1 Å². The summed E-state index contributed by atoms with van der Waals surface area (Å²) in [6.07, 6.45) is 2.45. The van der Waals surface area contributed by atoms with E-state index in [0.717, 1.165) is 11.1 Å². The maximum Gasteiger partial charge on any atom is 0.279 e. The number of fused-ring (bicyclic) bond motifs is 1. The zero-order chi connectivity index (χ0) is 20.3. The Balaban J connectivity index is 2.22. The van der Waals surface area contributed by atoms with E-state index in [9.17, 15) is 20.0 Å². The molecule has 0 saturated carbocycles. The zero-order valence-corrected chi connectivity index (χ0v) is 15.7. The molecule has 0 fully saturated rings. The van der Waals surface area contributed by atoms with E-state index in [-0.39, 0.29) is 33.8 Å². The number of hydrogen-bond donors (Lipinski definition) is 2. The number of aromatic nitrogens is 1. The largest absolute Gasteiger partial charge is 0.505 e. The highest BCUT2D eigenvalue weighted by Gasteiger charge is 2.26. The summed E-state index contributed by atoms with van der Waals surface area (Å²) < 4.78 is 0. The first-order chi connectivity index (χ1) is 13.4. The van der Waals surface area contributed by atoms with Gasteiger partial charge in [0.15, 0.2) is 0 Å². The SMILES string of the molecule is CCCC(=O)N[C@@H](c1ccc(C)cc1)c1cc([N+](=O)[O-])c2cccnc2c1O. The highest BCUT2D eigenvalue weighted by molar-refractivity contribution is 5.94. The van der Waals surface area contributed by atoms with Crippen LogP contribution in [0, 0.1) is 17.0 Å². The normalized spacial score (nSPS) is 11.9. The van der Waals surface area contributed by atoms with Crippen LogP contribution in [0.4, 0.5) is 5.69 Å². The van der Waals surface area contributed by atoms with Gasteiger partial charge in [-0.15, -0.1) is 0 Å². The molecule has 1 amide bonds. The molecule has 0 aliphatic carbocycles. The number of non-ortho nitro benzene ring substituents is 1. The van der Waals surface area contributed by atoms with Crippen molar-refractivity contribution >= 4 is 22.5 Å². The Labute approximate surface area is 162 Å². The fourth-order valence-electron chi connectivity index (χ4n) is 3.16. The Morgan fingerprint density at radius 3 is 2.64 bits per heavy atom. The van der Waals surface area contributed by atoms with Crippen molar-refractivity contribution in [3.8, 4) is 5.75 Å². The van der Waals surface area contributed by atoms with E-state index in [1.54, 1.807) is 12.1 Å². The van der Waals surface area contributed by atoms with Gasteiger partial charge >= 0.3 is 0 Å². The molecule has 3 rings (SSSR count). The number of amides is 1. The minimum atomic E-state index is -0.732. The van der Waals surface area contributed by atoms with Gasteiger partial charge in [0.1, 0.15) is 11.3 Å². The lowest BCUT2D eigenvalue weighted by Gasteiger charge is -2.21. The van der Waals surface area contributed by atoms with Crippen LogP contribution in [-0.4, -0.2) is 20.9 Å². The van der Waals surface area contributed by atoms with Gasteiger partial charge in [-0.2, -0.15) is 0 Å². The van der Waals surface area contributed by atoms with Crippen LogP contribution in [0.15, 0.2) is 48.7 Å². The van der Waals surface area contributed by atoms with E-state index in [4.69, 9.17) is 0 Å². The number of aromatic hydroxyl groups is 1. The van der Waals surface area contributed by atoms with Crippen molar-refractivity contribution < 1.29 is 14.8 Å². The predicted molar refractivity (Wildman–Crippen MR) is 106 cm³/mol. The Bertz CT molecular complexity index is 1030. The molecule has 0 aliphatic rings. The number of phenolic OH excluding ortho intramolecular Hbond substituents is 1. The Kier molecular flexibility index (Phi) is 5.54. The molecule has 7 nitrogen and oxygen atoms in total. The van der Waals surface area contributed by atoms with Crippen molar-refractivity contribution in [2.45, 2.75) is 32.7 Å². The van der Waals surface area contributed by atoms with Gasteiger partial charge in [0.05, 0.1) is 16.4 Å². The van der Waals surface area contributed by atoms with E-state index in [2.05, 4.69) is 10.3 Å². The van der Waals surface area contributed by atoms with E-state index < -0.39 is 11.0 Å². The number of nitro groups is 1. The topological polar surface area (TPSA) is 105 Å². The summed E-state index contributed by atoms with van der Waals surface area (Å²) in [6, 6.07) is 11.1. The maximum absolute atomic E-state index is 12.3. The fraction of sp³-hybridized carbons (Fsp3) is 0.238. The van der Waals surface area contributed by atoms with Gasteiger partial charge in [-0.25, -0.2) is 0 Å². The molecule has 3 aromatic rings. The number of rotatable bonds is 6. The van der Waals surface area contributed by atoms with Gasteiger partial charge in [-0.3, -0.25) is 19.9 Å². The van der Waals surface area contributed by atoms with Crippen molar-refractivity contribution in [2.24, 2.45) is 0 Å². The molecule has 7 heteroatoms. The minimum absolute atomic E-state index is 0.133. The molecule has 144 valence electrons. The second-order valence-corrected chi connectivity index (χ2v) is 6.65. The van der Waals surface area contributed by atoms with Crippen molar-refractivity contribution in [3.05, 3.63) is 75.5 Å². The minimum Gasteiger partial charge on any atom is -0.505 e. The third kappa shape index (κ3) is 3.78. The number of carbonyl (C=O) groups excluding carboxylic acids is 1. The third-order valence-electron chi connectivity index (χ3n) is 4.57. The van der Waals surface area contributed by atoms with Crippen LogP contribution in [0.5, 0.6) is 5.75 Å².